The maximum absolute atomic E-state index is 14.9. The molecule has 1 aromatic carbocycles. The van der Waals surface area contributed by atoms with Gasteiger partial charge in [0.15, 0.2) is 5.82 Å². The molecule has 3 aromatic rings. The van der Waals surface area contributed by atoms with Crippen LogP contribution in [0.4, 0.5) is 4.39 Å². The van der Waals surface area contributed by atoms with Crippen LogP contribution >= 0.6 is 0 Å². The van der Waals surface area contributed by atoms with Crippen LogP contribution in [0.25, 0.3) is 11.4 Å². The first-order valence-corrected chi connectivity index (χ1v) is 8.24. The average Bonchev–Trinajstić information content (AvgIpc) is 2.80. The Bertz CT molecular complexity index is 814. The van der Waals surface area contributed by atoms with E-state index in [0.717, 1.165) is 26.1 Å². The molecule has 0 N–H and O–H groups in total. The Kier molecular flexibility index (Phi) is 4.09. The molecule has 0 saturated carbocycles. The van der Waals surface area contributed by atoms with Crippen LogP contribution in [-0.4, -0.2) is 26.2 Å². The summed E-state index contributed by atoms with van der Waals surface area (Å²) in [5.41, 5.74) is 2.84. The lowest BCUT2D eigenvalue weighted by molar-refractivity contribution is 0.258. The van der Waals surface area contributed by atoms with E-state index in [1.807, 2.05) is 35.0 Å². The van der Waals surface area contributed by atoms with Gasteiger partial charge in [-0.1, -0.05) is 36.4 Å². The zero-order valence-electron chi connectivity index (χ0n) is 13.4. The van der Waals surface area contributed by atoms with Crippen LogP contribution in [0, 0.1) is 5.82 Å². The number of aryl methyl sites for hydroxylation is 1. The number of nitrogens with zero attached hydrogens (tertiary/aromatic N) is 4. The molecule has 4 nitrogen and oxygen atoms in total. The van der Waals surface area contributed by atoms with E-state index in [4.69, 9.17) is 0 Å². The zero-order valence-corrected chi connectivity index (χ0v) is 13.4. The van der Waals surface area contributed by atoms with Crippen molar-refractivity contribution in [2.45, 2.75) is 26.1 Å². The summed E-state index contributed by atoms with van der Waals surface area (Å²) in [6.45, 7) is 3.08. The van der Waals surface area contributed by atoms with Gasteiger partial charge in [-0.3, -0.25) is 14.6 Å². The van der Waals surface area contributed by atoms with Gasteiger partial charge in [-0.15, -0.1) is 0 Å². The lowest BCUT2D eigenvalue weighted by Crippen LogP contribution is -2.23. The van der Waals surface area contributed by atoms with Crippen LogP contribution in [0.3, 0.4) is 0 Å². The monoisotopic (exact) mass is 322 g/mol. The number of hydrogen-bond acceptors (Lipinski definition) is 3. The lowest BCUT2D eigenvalue weighted by atomic mass is 10.2. The third-order valence-corrected chi connectivity index (χ3v) is 4.37. The van der Waals surface area contributed by atoms with Gasteiger partial charge in [0.1, 0.15) is 5.69 Å². The molecule has 0 fully saturated rings. The first-order valence-electron chi connectivity index (χ1n) is 8.24. The highest BCUT2D eigenvalue weighted by Crippen LogP contribution is 2.25. The Morgan fingerprint density at radius 2 is 1.83 bits per heavy atom. The molecule has 0 radical (unpaired) electrons. The van der Waals surface area contributed by atoms with E-state index in [1.165, 1.54) is 5.56 Å². The van der Waals surface area contributed by atoms with Gasteiger partial charge in [0.2, 0.25) is 0 Å². The molecule has 5 heteroatoms. The standard InChI is InChI=1S/C19H19FN4/c20-18-17-14-23(13-15-7-2-1-3-8-15)11-6-12-24(17)22-19(18)16-9-4-5-10-21-16/h1-5,7-10H,6,11-14H2. The second-order valence-corrected chi connectivity index (χ2v) is 6.10. The van der Waals surface area contributed by atoms with Gasteiger partial charge < -0.3 is 0 Å². The average molecular weight is 322 g/mol. The van der Waals surface area contributed by atoms with E-state index in [0.29, 0.717) is 23.6 Å². The molecule has 1 aliphatic heterocycles. The fraction of sp³-hybridized carbons (Fsp3) is 0.263. The zero-order chi connectivity index (χ0) is 16.4. The SMILES string of the molecule is Fc1c(-c2ccccn2)nn2c1CN(Cc1ccccc1)CCC2. The van der Waals surface area contributed by atoms with Crippen molar-refractivity contribution in [1.29, 1.82) is 0 Å². The molecule has 122 valence electrons. The van der Waals surface area contributed by atoms with Crippen molar-refractivity contribution in [3.63, 3.8) is 0 Å². The van der Waals surface area contributed by atoms with Crippen LogP contribution in [-0.2, 0) is 19.6 Å². The summed E-state index contributed by atoms with van der Waals surface area (Å²) < 4.78 is 16.8. The largest absolute Gasteiger partial charge is 0.293 e. The number of fused-ring (bicyclic) bond motifs is 1. The topological polar surface area (TPSA) is 34.0 Å². The second kappa shape index (κ2) is 6.53. The van der Waals surface area contributed by atoms with E-state index in [1.54, 1.807) is 12.3 Å². The van der Waals surface area contributed by atoms with Crippen molar-refractivity contribution in [3.05, 3.63) is 71.8 Å². The van der Waals surface area contributed by atoms with Crippen LogP contribution in [0.5, 0.6) is 0 Å². The molecule has 1 aliphatic rings. The van der Waals surface area contributed by atoms with Crippen molar-refractivity contribution in [2.24, 2.45) is 0 Å². The van der Waals surface area contributed by atoms with E-state index in [-0.39, 0.29) is 5.82 Å². The van der Waals surface area contributed by atoms with Crippen LogP contribution in [0.1, 0.15) is 17.7 Å². The highest BCUT2D eigenvalue weighted by atomic mass is 19.1. The minimum atomic E-state index is -0.242. The van der Waals surface area contributed by atoms with Gasteiger partial charge >= 0.3 is 0 Å². The molecular formula is C19H19FN4. The van der Waals surface area contributed by atoms with E-state index in [2.05, 4.69) is 27.1 Å². The maximum Gasteiger partial charge on any atom is 0.175 e. The maximum atomic E-state index is 14.9. The van der Waals surface area contributed by atoms with E-state index >= 15 is 0 Å². The number of benzene rings is 1. The minimum Gasteiger partial charge on any atom is -0.293 e. The van der Waals surface area contributed by atoms with Gasteiger partial charge in [-0.25, -0.2) is 4.39 Å². The van der Waals surface area contributed by atoms with Gasteiger partial charge in [0.05, 0.1) is 11.4 Å². The van der Waals surface area contributed by atoms with Crippen molar-refractivity contribution in [1.82, 2.24) is 19.7 Å². The molecule has 0 aliphatic carbocycles. The van der Waals surface area contributed by atoms with Gasteiger partial charge in [-0.05, 0) is 24.1 Å². The number of halogens is 1. The summed E-state index contributed by atoms with van der Waals surface area (Å²) >= 11 is 0. The first kappa shape index (κ1) is 15.0. The van der Waals surface area contributed by atoms with Crippen molar-refractivity contribution < 1.29 is 4.39 Å². The molecular weight excluding hydrogens is 303 g/mol. The number of hydrogen-bond donors (Lipinski definition) is 0. The number of rotatable bonds is 3. The smallest absolute Gasteiger partial charge is 0.175 e. The van der Waals surface area contributed by atoms with Gasteiger partial charge in [0, 0.05) is 32.4 Å². The van der Waals surface area contributed by atoms with Crippen molar-refractivity contribution in [3.8, 4) is 11.4 Å². The summed E-state index contributed by atoms with van der Waals surface area (Å²) in [5, 5.41) is 4.47. The van der Waals surface area contributed by atoms with Crippen LogP contribution in [0.15, 0.2) is 54.7 Å². The Morgan fingerprint density at radius 3 is 2.62 bits per heavy atom. The van der Waals surface area contributed by atoms with E-state index < -0.39 is 0 Å². The molecule has 0 amide bonds. The summed E-state index contributed by atoms with van der Waals surface area (Å²) in [6.07, 6.45) is 2.63. The Hall–Kier alpha value is -2.53. The molecule has 0 unspecified atom stereocenters. The van der Waals surface area contributed by atoms with Crippen molar-refractivity contribution >= 4 is 0 Å². The Labute approximate surface area is 140 Å². The van der Waals surface area contributed by atoms with Gasteiger partial charge in [-0.2, -0.15) is 5.10 Å². The predicted molar refractivity (Wildman–Crippen MR) is 90.6 cm³/mol. The third kappa shape index (κ3) is 2.95. The van der Waals surface area contributed by atoms with Crippen molar-refractivity contribution in [2.75, 3.05) is 6.54 Å². The lowest BCUT2D eigenvalue weighted by Gasteiger charge is -2.19. The van der Waals surface area contributed by atoms with E-state index in [9.17, 15) is 4.39 Å². The van der Waals surface area contributed by atoms with Crippen LogP contribution < -0.4 is 0 Å². The molecule has 4 rings (SSSR count). The predicted octanol–water partition coefficient (Wildman–Crippen LogP) is 3.49. The fourth-order valence-corrected chi connectivity index (χ4v) is 3.19. The molecule has 2 aromatic heterocycles. The summed E-state index contributed by atoms with van der Waals surface area (Å²) in [5.74, 6) is -0.242. The summed E-state index contributed by atoms with van der Waals surface area (Å²) in [6, 6.07) is 15.8. The second-order valence-electron chi connectivity index (χ2n) is 6.10. The Morgan fingerprint density at radius 1 is 1.00 bits per heavy atom. The summed E-state index contributed by atoms with van der Waals surface area (Å²) in [4.78, 5) is 6.51. The molecule has 0 atom stereocenters. The van der Waals surface area contributed by atoms with Crippen LogP contribution in [0.2, 0.25) is 0 Å². The fourth-order valence-electron chi connectivity index (χ4n) is 3.19. The highest BCUT2D eigenvalue weighted by molar-refractivity contribution is 5.55. The molecule has 0 spiro atoms. The molecule has 0 bridgehead atoms. The summed E-state index contributed by atoms with van der Waals surface area (Å²) in [7, 11) is 0. The highest BCUT2D eigenvalue weighted by Gasteiger charge is 2.24. The molecule has 0 saturated heterocycles. The number of pyridine rings is 1. The minimum absolute atomic E-state index is 0.242. The first-order chi connectivity index (χ1) is 11.8. The quantitative estimate of drug-likeness (QED) is 0.740. The number of aromatic nitrogens is 3. The third-order valence-electron chi connectivity index (χ3n) is 4.37. The van der Waals surface area contributed by atoms with Gasteiger partial charge in [0.25, 0.3) is 0 Å². The molecule has 3 heterocycles. The Balaban J connectivity index is 1.62. The normalized spacial score (nSPS) is 15.0. The molecule has 24 heavy (non-hydrogen) atoms.